The average molecular weight is 369 g/mol. The quantitative estimate of drug-likeness (QED) is 0.593. The molecule has 0 spiro atoms. The van der Waals surface area contributed by atoms with Crippen LogP contribution in [0.4, 0.5) is 5.69 Å². The van der Waals surface area contributed by atoms with Crippen molar-refractivity contribution >= 4 is 15.7 Å². The fourth-order valence-electron chi connectivity index (χ4n) is 3.10. The molecule has 1 atom stereocenters. The first-order valence-corrected chi connectivity index (χ1v) is 11.2. The highest BCUT2D eigenvalue weighted by atomic mass is 32.2. The molecule has 0 aliphatic heterocycles. The minimum atomic E-state index is -3.26. The van der Waals surface area contributed by atoms with Crippen molar-refractivity contribution in [2.75, 3.05) is 30.6 Å². The Morgan fingerprint density at radius 2 is 1.84 bits per heavy atom. The molecule has 0 bridgehead atoms. The molecule has 2 N–H and O–H groups in total. The van der Waals surface area contributed by atoms with Gasteiger partial charge in [0.05, 0.1) is 12.4 Å². The molecule has 1 fully saturated rings. The SMILES string of the molecule is CCN(CCCC1CC1)CCCC(O)c1ccc(NS(C)(=O)=O)cc1. The number of nitrogens with zero attached hydrogens (tertiary/aromatic N) is 1. The van der Waals surface area contributed by atoms with Gasteiger partial charge in [-0.15, -0.1) is 0 Å². The Bertz CT molecular complexity index is 612. The lowest BCUT2D eigenvalue weighted by Gasteiger charge is -2.21. The Kier molecular flexibility index (Phi) is 7.72. The number of benzene rings is 1. The van der Waals surface area contributed by atoms with E-state index in [2.05, 4.69) is 16.5 Å². The van der Waals surface area contributed by atoms with Gasteiger partial charge in [-0.2, -0.15) is 0 Å². The summed E-state index contributed by atoms with van der Waals surface area (Å²) >= 11 is 0. The van der Waals surface area contributed by atoms with Crippen molar-refractivity contribution in [1.29, 1.82) is 0 Å². The molecule has 0 heterocycles. The van der Waals surface area contributed by atoms with Crippen molar-refractivity contribution in [2.45, 2.75) is 51.6 Å². The van der Waals surface area contributed by atoms with Gasteiger partial charge in [0.15, 0.2) is 0 Å². The van der Waals surface area contributed by atoms with Gasteiger partial charge in [0, 0.05) is 5.69 Å². The number of hydrogen-bond acceptors (Lipinski definition) is 4. The highest BCUT2D eigenvalue weighted by molar-refractivity contribution is 7.92. The van der Waals surface area contributed by atoms with Crippen molar-refractivity contribution in [3.8, 4) is 0 Å². The Labute approximate surface area is 152 Å². The van der Waals surface area contributed by atoms with E-state index in [-0.39, 0.29) is 0 Å². The molecule has 0 saturated heterocycles. The summed E-state index contributed by atoms with van der Waals surface area (Å²) in [6.45, 7) is 5.44. The van der Waals surface area contributed by atoms with Crippen LogP contribution < -0.4 is 4.72 Å². The minimum absolute atomic E-state index is 0.502. The van der Waals surface area contributed by atoms with Crippen LogP contribution in [-0.2, 0) is 10.0 Å². The highest BCUT2D eigenvalue weighted by Gasteiger charge is 2.20. The summed E-state index contributed by atoms with van der Waals surface area (Å²) in [5, 5.41) is 10.3. The third-order valence-electron chi connectivity index (χ3n) is 4.78. The molecule has 1 aromatic rings. The van der Waals surface area contributed by atoms with E-state index in [0.717, 1.165) is 50.2 Å². The highest BCUT2D eigenvalue weighted by Crippen LogP contribution is 2.33. The molecule has 1 aromatic carbocycles. The minimum Gasteiger partial charge on any atom is -0.388 e. The zero-order chi connectivity index (χ0) is 18.3. The number of rotatable bonds is 12. The third kappa shape index (κ3) is 8.21. The maximum atomic E-state index is 11.2. The van der Waals surface area contributed by atoms with Gasteiger partial charge in [-0.1, -0.05) is 31.9 Å². The summed E-state index contributed by atoms with van der Waals surface area (Å²) in [4.78, 5) is 2.47. The summed E-state index contributed by atoms with van der Waals surface area (Å²) in [6, 6.07) is 6.95. The van der Waals surface area contributed by atoms with E-state index in [1.54, 1.807) is 24.3 Å². The van der Waals surface area contributed by atoms with Crippen LogP contribution in [-0.4, -0.2) is 44.3 Å². The molecule has 1 aliphatic carbocycles. The maximum absolute atomic E-state index is 11.2. The van der Waals surface area contributed by atoms with Crippen molar-refractivity contribution in [1.82, 2.24) is 4.90 Å². The van der Waals surface area contributed by atoms with Crippen molar-refractivity contribution in [3.05, 3.63) is 29.8 Å². The first-order chi connectivity index (χ1) is 11.9. The van der Waals surface area contributed by atoms with Crippen LogP contribution in [0.5, 0.6) is 0 Å². The van der Waals surface area contributed by atoms with Gasteiger partial charge in [0.1, 0.15) is 0 Å². The molecule has 6 heteroatoms. The molecule has 142 valence electrons. The van der Waals surface area contributed by atoms with Gasteiger partial charge in [-0.05, 0) is 68.9 Å². The Hall–Kier alpha value is -1.11. The van der Waals surface area contributed by atoms with Crippen LogP contribution in [0.25, 0.3) is 0 Å². The molecule has 0 amide bonds. The molecular weight excluding hydrogens is 336 g/mol. The number of hydrogen-bond donors (Lipinski definition) is 2. The second-order valence-corrected chi connectivity index (χ2v) is 8.92. The van der Waals surface area contributed by atoms with Gasteiger partial charge in [0.25, 0.3) is 0 Å². The number of aliphatic hydroxyl groups excluding tert-OH is 1. The molecule has 5 nitrogen and oxygen atoms in total. The predicted octanol–water partition coefficient (Wildman–Crippen LogP) is 3.38. The number of sulfonamides is 1. The number of aliphatic hydroxyl groups is 1. The van der Waals surface area contributed by atoms with Crippen LogP contribution >= 0.6 is 0 Å². The maximum Gasteiger partial charge on any atom is 0.229 e. The Morgan fingerprint density at radius 1 is 1.20 bits per heavy atom. The van der Waals surface area contributed by atoms with E-state index in [1.807, 2.05) is 0 Å². The van der Waals surface area contributed by atoms with E-state index < -0.39 is 16.1 Å². The Balaban J connectivity index is 1.70. The van der Waals surface area contributed by atoms with Gasteiger partial charge in [0.2, 0.25) is 10.0 Å². The van der Waals surface area contributed by atoms with E-state index in [0.29, 0.717) is 5.69 Å². The summed E-state index contributed by atoms with van der Waals surface area (Å²) in [5.74, 6) is 1.00. The monoisotopic (exact) mass is 368 g/mol. The lowest BCUT2D eigenvalue weighted by Crippen LogP contribution is -2.26. The van der Waals surface area contributed by atoms with E-state index in [9.17, 15) is 13.5 Å². The fraction of sp³-hybridized carbons (Fsp3) is 0.684. The zero-order valence-electron chi connectivity index (χ0n) is 15.4. The van der Waals surface area contributed by atoms with Gasteiger partial charge in [-0.25, -0.2) is 8.42 Å². The van der Waals surface area contributed by atoms with Crippen molar-refractivity contribution < 1.29 is 13.5 Å². The molecule has 1 unspecified atom stereocenters. The van der Waals surface area contributed by atoms with Crippen molar-refractivity contribution in [2.24, 2.45) is 5.92 Å². The standard InChI is InChI=1S/C19H32N2O3S/c1-3-21(14-4-6-16-8-9-16)15-5-7-19(22)17-10-12-18(13-11-17)20-25(2,23)24/h10-13,16,19-20,22H,3-9,14-15H2,1-2H3. The smallest absolute Gasteiger partial charge is 0.229 e. The first-order valence-electron chi connectivity index (χ1n) is 9.35. The van der Waals surface area contributed by atoms with Gasteiger partial charge < -0.3 is 10.0 Å². The summed E-state index contributed by atoms with van der Waals surface area (Å²) in [6.07, 6.45) is 7.81. The number of nitrogens with one attached hydrogen (secondary N) is 1. The molecule has 0 aromatic heterocycles. The predicted molar refractivity (Wildman–Crippen MR) is 103 cm³/mol. The molecule has 25 heavy (non-hydrogen) atoms. The number of anilines is 1. The van der Waals surface area contributed by atoms with Crippen LogP contribution in [0.15, 0.2) is 24.3 Å². The van der Waals surface area contributed by atoms with Gasteiger partial charge in [-0.3, -0.25) is 4.72 Å². The van der Waals surface area contributed by atoms with Crippen LogP contribution in [0, 0.1) is 5.92 Å². The van der Waals surface area contributed by atoms with Gasteiger partial charge >= 0.3 is 0 Å². The van der Waals surface area contributed by atoms with E-state index in [1.165, 1.54) is 25.7 Å². The second kappa shape index (κ2) is 9.55. The summed E-state index contributed by atoms with van der Waals surface area (Å²) < 4.78 is 24.8. The molecule has 2 rings (SSSR count). The third-order valence-corrected chi connectivity index (χ3v) is 5.39. The molecule has 0 radical (unpaired) electrons. The van der Waals surface area contributed by atoms with Crippen LogP contribution in [0.2, 0.25) is 0 Å². The second-order valence-electron chi connectivity index (χ2n) is 7.17. The van der Waals surface area contributed by atoms with E-state index >= 15 is 0 Å². The average Bonchev–Trinajstić information content (AvgIpc) is 3.36. The topological polar surface area (TPSA) is 69.6 Å². The summed E-state index contributed by atoms with van der Waals surface area (Å²) in [7, 11) is -3.26. The lowest BCUT2D eigenvalue weighted by molar-refractivity contribution is 0.155. The molecule has 1 saturated carbocycles. The van der Waals surface area contributed by atoms with E-state index in [4.69, 9.17) is 0 Å². The molecular formula is C19H32N2O3S. The Morgan fingerprint density at radius 3 is 2.40 bits per heavy atom. The first kappa shape index (κ1) is 20.2. The van der Waals surface area contributed by atoms with Crippen LogP contribution in [0.3, 0.4) is 0 Å². The fourth-order valence-corrected chi connectivity index (χ4v) is 3.66. The van der Waals surface area contributed by atoms with Crippen LogP contribution in [0.1, 0.15) is 57.1 Å². The zero-order valence-corrected chi connectivity index (χ0v) is 16.3. The lowest BCUT2D eigenvalue weighted by atomic mass is 10.0. The summed E-state index contributed by atoms with van der Waals surface area (Å²) in [5.41, 5.74) is 1.35. The molecule has 1 aliphatic rings. The normalized spacial score (nSPS) is 16.2. The largest absolute Gasteiger partial charge is 0.388 e. The van der Waals surface area contributed by atoms with Crippen molar-refractivity contribution in [3.63, 3.8) is 0 Å².